The van der Waals surface area contributed by atoms with Gasteiger partial charge < -0.3 is 9.73 Å². The molecule has 0 radical (unpaired) electrons. The van der Waals surface area contributed by atoms with Gasteiger partial charge in [0.2, 0.25) is 0 Å². The Bertz CT molecular complexity index is 395. The first-order valence-corrected chi connectivity index (χ1v) is 4.53. The third kappa shape index (κ3) is 1.93. The molecule has 0 aliphatic carbocycles. The van der Waals surface area contributed by atoms with Gasteiger partial charge in [-0.2, -0.15) is 0 Å². The molecule has 0 unspecified atom stereocenters. The molecular formula is C11H12N2O. The number of pyridine rings is 1. The molecule has 2 aromatic rings. The number of furan rings is 1. The lowest BCUT2D eigenvalue weighted by atomic mass is 10.2. The molecule has 2 aromatic heterocycles. The van der Waals surface area contributed by atoms with E-state index in [0.717, 1.165) is 11.4 Å². The Kier molecular flexibility index (Phi) is 2.49. The van der Waals surface area contributed by atoms with Gasteiger partial charge in [-0.25, -0.2) is 0 Å². The second kappa shape index (κ2) is 3.96. The smallest absolute Gasteiger partial charge is 0.122 e. The second-order valence-corrected chi connectivity index (χ2v) is 3.12. The number of nitrogens with one attached hydrogen (secondary N) is 1. The molecule has 1 N–H and O–H groups in total. The zero-order chi connectivity index (χ0) is 9.80. The van der Waals surface area contributed by atoms with Gasteiger partial charge in [-0.3, -0.25) is 4.98 Å². The summed E-state index contributed by atoms with van der Waals surface area (Å²) in [5, 5.41) is 3.26. The molecule has 0 saturated carbocycles. The fourth-order valence-corrected chi connectivity index (χ4v) is 1.24. The van der Waals surface area contributed by atoms with Gasteiger partial charge in [0.15, 0.2) is 0 Å². The van der Waals surface area contributed by atoms with Crippen molar-refractivity contribution in [2.45, 2.75) is 13.5 Å². The van der Waals surface area contributed by atoms with E-state index in [4.69, 9.17) is 4.42 Å². The number of nitrogens with zero attached hydrogens (tertiary/aromatic N) is 1. The summed E-state index contributed by atoms with van der Waals surface area (Å²) in [5.74, 6) is 0.924. The van der Waals surface area contributed by atoms with E-state index in [-0.39, 0.29) is 0 Å². The standard InChI is InChI=1S/C11H12N2O/c1-9-4-5-12-8-11(9)13-7-10-3-2-6-14-10/h2-6,8,13H,7H2,1H3. The Hall–Kier alpha value is -1.77. The Morgan fingerprint density at radius 1 is 1.43 bits per heavy atom. The van der Waals surface area contributed by atoms with Crippen molar-refractivity contribution < 1.29 is 4.42 Å². The summed E-state index contributed by atoms with van der Waals surface area (Å²) in [6.45, 7) is 2.74. The highest BCUT2D eigenvalue weighted by Gasteiger charge is 1.98. The van der Waals surface area contributed by atoms with Crippen molar-refractivity contribution in [3.05, 3.63) is 48.2 Å². The quantitative estimate of drug-likeness (QED) is 0.804. The number of aryl methyl sites for hydroxylation is 1. The maximum Gasteiger partial charge on any atom is 0.122 e. The van der Waals surface area contributed by atoms with Gasteiger partial charge in [0.05, 0.1) is 24.7 Å². The van der Waals surface area contributed by atoms with Crippen molar-refractivity contribution in [1.82, 2.24) is 4.98 Å². The summed E-state index contributed by atoms with van der Waals surface area (Å²) in [7, 11) is 0. The van der Waals surface area contributed by atoms with Crippen LogP contribution in [0.2, 0.25) is 0 Å². The Balaban J connectivity index is 2.02. The molecular weight excluding hydrogens is 176 g/mol. The SMILES string of the molecule is Cc1ccncc1NCc1ccco1. The Labute approximate surface area is 82.8 Å². The van der Waals surface area contributed by atoms with Crippen molar-refractivity contribution in [3.63, 3.8) is 0 Å². The predicted octanol–water partition coefficient (Wildman–Crippen LogP) is 2.60. The van der Waals surface area contributed by atoms with E-state index in [9.17, 15) is 0 Å². The molecule has 2 heterocycles. The van der Waals surface area contributed by atoms with Crippen molar-refractivity contribution in [2.24, 2.45) is 0 Å². The first kappa shape index (κ1) is 8.81. The summed E-state index contributed by atoms with van der Waals surface area (Å²) < 4.78 is 5.21. The van der Waals surface area contributed by atoms with Crippen LogP contribution in [-0.2, 0) is 6.54 Å². The largest absolute Gasteiger partial charge is 0.467 e. The maximum absolute atomic E-state index is 5.21. The fraction of sp³-hybridized carbons (Fsp3) is 0.182. The molecule has 3 heteroatoms. The van der Waals surface area contributed by atoms with E-state index in [0.29, 0.717) is 6.54 Å². The van der Waals surface area contributed by atoms with Crippen LogP contribution in [0, 0.1) is 6.92 Å². The van der Waals surface area contributed by atoms with E-state index in [1.807, 2.05) is 31.3 Å². The van der Waals surface area contributed by atoms with Gasteiger partial charge in [0, 0.05) is 6.20 Å². The minimum absolute atomic E-state index is 0.694. The second-order valence-electron chi connectivity index (χ2n) is 3.12. The minimum atomic E-state index is 0.694. The van der Waals surface area contributed by atoms with Gasteiger partial charge in [-0.1, -0.05) is 0 Å². The molecule has 2 rings (SSSR count). The third-order valence-electron chi connectivity index (χ3n) is 2.07. The Morgan fingerprint density at radius 2 is 2.36 bits per heavy atom. The minimum Gasteiger partial charge on any atom is -0.467 e. The molecule has 0 fully saturated rings. The number of anilines is 1. The van der Waals surface area contributed by atoms with Gasteiger partial charge in [0.1, 0.15) is 5.76 Å². The van der Waals surface area contributed by atoms with E-state index < -0.39 is 0 Å². The van der Waals surface area contributed by atoms with Gasteiger partial charge >= 0.3 is 0 Å². The summed E-state index contributed by atoms with van der Waals surface area (Å²) in [6.07, 6.45) is 5.28. The average molecular weight is 188 g/mol. The van der Waals surface area contributed by atoms with Crippen LogP contribution in [0.5, 0.6) is 0 Å². The summed E-state index contributed by atoms with van der Waals surface area (Å²) in [6, 6.07) is 5.80. The zero-order valence-corrected chi connectivity index (χ0v) is 8.03. The van der Waals surface area contributed by atoms with E-state index in [2.05, 4.69) is 10.3 Å². The normalized spacial score (nSPS) is 10.1. The van der Waals surface area contributed by atoms with Gasteiger partial charge in [-0.15, -0.1) is 0 Å². The van der Waals surface area contributed by atoms with Crippen LogP contribution in [-0.4, -0.2) is 4.98 Å². The molecule has 0 bridgehead atoms. The zero-order valence-electron chi connectivity index (χ0n) is 8.03. The van der Waals surface area contributed by atoms with Crippen LogP contribution in [0.25, 0.3) is 0 Å². The molecule has 3 nitrogen and oxygen atoms in total. The van der Waals surface area contributed by atoms with Gasteiger partial charge in [-0.05, 0) is 30.7 Å². The van der Waals surface area contributed by atoms with E-state index >= 15 is 0 Å². The maximum atomic E-state index is 5.21. The molecule has 72 valence electrons. The highest BCUT2D eigenvalue weighted by Crippen LogP contribution is 2.12. The number of hydrogen-bond donors (Lipinski definition) is 1. The fourth-order valence-electron chi connectivity index (χ4n) is 1.24. The predicted molar refractivity (Wildman–Crippen MR) is 55.0 cm³/mol. The lowest BCUT2D eigenvalue weighted by Gasteiger charge is -2.06. The van der Waals surface area contributed by atoms with Crippen LogP contribution in [0.3, 0.4) is 0 Å². The summed E-state index contributed by atoms with van der Waals surface area (Å²) in [4.78, 5) is 4.05. The van der Waals surface area contributed by atoms with Crippen molar-refractivity contribution in [3.8, 4) is 0 Å². The molecule has 0 saturated heterocycles. The van der Waals surface area contributed by atoms with Crippen LogP contribution >= 0.6 is 0 Å². The monoisotopic (exact) mass is 188 g/mol. The molecule has 0 amide bonds. The topological polar surface area (TPSA) is 38.1 Å². The lowest BCUT2D eigenvalue weighted by Crippen LogP contribution is -2.00. The van der Waals surface area contributed by atoms with Gasteiger partial charge in [0.25, 0.3) is 0 Å². The number of rotatable bonds is 3. The van der Waals surface area contributed by atoms with E-state index in [1.165, 1.54) is 5.56 Å². The molecule has 0 aliphatic rings. The lowest BCUT2D eigenvalue weighted by molar-refractivity contribution is 0.518. The first-order valence-electron chi connectivity index (χ1n) is 4.53. The third-order valence-corrected chi connectivity index (χ3v) is 2.07. The van der Waals surface area contributed by atoms with Crippen LogP contribution in [0.15, 0.2) is 41.3 Å². The molecule has 0 aromatic carbocycles. The molecule has 0 spiro atoms. The summed E-state index contributed by atoms with van der Waals surface area (Å²) >= 11 is 0. The van der Waals surface area contributed by atoms with Crippen molar-refractivity contribution in [2.75, 3.05) is 5.32 Å². The summed E-state index contributed by atoms with van der Waals surface area (Å²) in [5.41, 5.74) is 2.23. The highest BCUT2D eigenvalue weighted by atomic mass is 16.3. The van der Waals surface area contributed by atoms with Crippen LogP contribution in [0.1, 0.15) is 11.3 Å². The Morgan fingerprint density at radius 3 is 3.07 bits per heavy atom. The first-order chi connectivity index (χ1) is 6.86. The van der Waals surface area contributed by atoms with E-state index in [1.54, 1.807) is 12.5 Å². The molecule has 14 heavy (non-hydrogen) atoms. The molecule has 0 aliphatic heterocycles. The van der Waals surface area contributed by atoms with Crippen LogP contribution < -0.4 is 5.32 Å². The number of aromatic nitrogens is 1. The molecule has 0 atom stereocenters. The van der Waals surface area contributed by atoms with Crippen molar-refractivity contribution in [1.29, 1.82) is 0 Å². The average Bonchev–Trinajstić information content (AvgIpc) is 2.69. The van der Waals surface area contributed by atoms with Crippen molar-refractivity contribution >= 4 is 5.69 Å². The number of hydrogen-bond acceptors (Lipinski definition) is 3. The van der Waals surface area contributed by atoms with Crippen LogP contribution in [0.4, 0.5) is 5.69 Å². The highest BCUT2D eigenvalue weighted by molar-refractivity contribution is 5.47.